The lowest BCUT2D eigenvalue weighted by atomic mass is 10.2. The Kier molecular flexibility index (Phi) is 4.06. The molecule has 0 unspecified atom stereocenters. The molecule has 0 saturated heterocycles. The number of esters is 1. The highest BCUT2D eigenvalue weighted by Gasteiger charge is 2.16. The van der Waals surface area contributed by atoms with E-state index in [4.69, 9.17) is 16.3 Å². The van der Waals surface area contributed by atoms with E-state index in [9.17, 15) is 4.79 Å². The Morgan fingerprint density at radius 2 is 2.18 bits per heavy atom. The molecule has 0 N–H and O–H groups in total. The van der Waals surface area contributed by atoms with Crippen LogP contribution in [0.4, 0.5) is 0 Å². The van der Waals surface area contributed by atoms with E-state index in [-0.39, 0.29) is 12.5 Å². The van der Waals surface area contributed by atoms with Gasteiger partial charge in [0.2, 0.25) is 0 Å². The van der Waals surface area contributed by atoms with Crippen LogP contribution in [0.15, 0.2) is 42.6 Å². The fourth-order valence-corrected chi connectivity index (χ4v) is 2.48. The van der Waals surface area contributed by atoms with Gasteiger partial charge in [-0.1, -0.05) is 23.7 Å². The average Bonchev–Trinajstić information content (AvgIpc) is 2.86. The van der Waals surface area contributed by atoms with Crippen molar-refractivity contribution in [2.75, 3.05) is 6.61 Å². The zero-order valence-corrected chi connectivity index (χ0v) is 12.7. The van der Waals surface area contributed by atoms with Crippen LogP contribution < -0.4 is 0 Å². The zero-order chi connectivity index (χ0) is 15.5. The standard InChI is InChI=1S/C16H14ClN3O2/c1-2-22-14(21)10-20-15(11-5-3-6-12(17)9-11)19-13-7-4-8-18-16(13)20/h3-9H,2,10H2,1H3. The van der Waals surface area contributed by atoms with Crippen molar-refractivity contribution in [3.63, 3.8) is 0 Å². The van der Waals surface area contributed by atoms with Gasteiger partial charge >= 0.3 is 5.97 Å². The van der Waals surface area contributed by atoms with Crippen LogP contribution in [0.1, 0.15) is 6.92 Å². The second-order valence-corrected chi connectivity index (χ2v) is 5.12. The quantitative estimate of drug-likeness (QED) is 0.693. The van der Waals surface area contributed by atoms with Gasteiger partial charge in [0.05, 0.1) is 6.61 Å². The number of halogens is 1. The summed E-state index contributed by atoms with van der Waals surface area (Å²) in [5.41, 5.74) is 2.20. The van der Waals surface area contributed by atoms with Crippen molar-refractivity contribution < 1.29 is 9.53 Å². The molecule has 0 bridgehead atoms. The van der Waals surface area contributed by atoms with Gasteiger partial charge in [0.15, 0.2) is 5.65 Å². The molecule has 0 radical (unpaired) electrons. The second kappa shape index (κ2) is 6.15. The van der Waals surface area contributed by atoms with Gasteiger partial charge in [-0.2, -0.15) is 0 Å². The number of carbonyl (C=O) groups excluding carboxylic acids is 1. The fourth-order valence-electron chi connectivity index (χ4n) is 2.29. The molecule has 0 atom stereocenters. The highest BCUT2D eigenvalue weighted by molar-refractivity contribution is 6.30. The number of fused-ring (bicyclic) bond motifs is 1. The molecule has 0 aliphatic rings. The Balaban J connectivity index is 2.14. The number of pyridine rings is 1. The zero-order valence-electron chi connectivity index (χ0n) is 12.0. The van der Waals surface area contributed by atoms with Gasteiger partial charge in [0.1, 0.15) is 17.9 Å². The van der Waals surface area contributed by atoms with Crippen LogP contribution in [-0.4, -0.2) is 27.1 Å². The molecule has 2 aromatic heterocycles. The minimum absolute atomic E-state index is 0.0587. The van der Waals surface area contributed by atoms with E-state index in [1.807, 2.05) is 30.3 Å². The summed E-state index contributed by atoms with van der Waals surface area (Å²) in [5, 5.41) is 0.611. The Morgan fingerprint density at radius 3 is 2.95 bits per heavy atom. The first kappa shape index (κ1) is 14.5. The normalized spacial score (nSPS) is 10.8. The van der Waals surface area contributed by atoms with E-state index in [0.29, 0.717) is 23.1 Å². The second-order valence-electron chi connectivity index (χ2n) is 4.68. The van der Waals surface area contributed by atoms with Crippen LogP contribution in [-0.2, 0) is 16.1 Å². The summed E-state index contributed by atoms with van der Waals surface area (Å²) >= 11 is 6.06. The molecular formula is C16H14ClN3O2. The molecule has 0 fully saturated rings. The molecular weight excluding hydrogens is 302 g/mol. The molecule has 22 heavy (non-hydrogen) atoms. The minimum Gasteiger partial charge on any atom is -0.465 e. The summed E-state index contributed by atoms with van der Waals surface area (Å²) in [4.78, 5) is 20.8. The number of rotatable bonds is 4. The number of hydrogen-bond acceptors (Lipinski definition) is 4. The fraction of sp³-hybridized carbons (Fsp3) is 0.188. The number of ether oxygens (including phenoxy) is 1. The van der Waals surface area contributed by atoms with Crippen molar-refractivity contribution in [1.29, 1.82) is 0 Å². The van der Waals surface area contributed by atoms with Crippen molar-refractivity contribution in [2.24, 2.45) is 0 Å². The molecule has 5 nitrogen and oxygen atoms in total. The average molecular weight is 316 g/mol. The van der Waals surface area contributed by atoms with Crippen molar-refractivity contribution >= 4 is 28.7 Å². The first-order valence-corrected chi connectivity index (χ1v) is 7.29. The molecule has 0 aliphatic heterocycles. The summed E-state index contributed by atoms with van der Waals surface area (Å²) < 4.78 is 6.79. The summed E-state index contributed by atoms with van der Waals surface area (Å²) in [6.07, 6.45) is 1.67. The molecule has 6 heteroatoms. The van der Waals surface area contributed by atoms with Crippen molar-refractivity contribution in [3.8, 4) is 11.4 Å². The van der Waals surface area contributed by atoms with Crippen LogP contribution in [0.3, 0.4) is 0 Å². The lowest BCUT2D eigenvalue weighted by Gasteiger charge is -2.08. The van der Waals surface area contributed by atoms with E-state index in [1.165, 1.54) is 0 Å². The Morgan fingerprint density at radius 1 is 1.32 bits per heavy atom. The van der Waals surface area contributed by atoms with E-state index in [0.717, 1.165) is 11.1 Å². The maximum Gasteiger partial charge on any atom is 0.326 e. The Bertz CT molecular complexity index is 829. The highest BCUT2D eigenvalue weighted by Crippen LogP contribution is 2.25. The van der Waals surface area contributed by atoms with E-state index in [2.05, 4.69) is 9.97 Å². The monoisotopic (exact) mass is 315 g/mol. The summed E-state index contributed by atoms with van der Waals surface area (Å²) in [5.74, 6) is 0.319. The topological polar surface area (TPSA) is 57.0 Å². The van der Waals surface area contributed by atoms with Crippen molar-refractivity contribution in [2.45, 2.75) is 13.5 Å². The van der Waals surface area contributed by atoms with Gasteiger partial charge in [-0.15, -0.1) is 0 Å². The molecule has 1 aromatic carbocycles. The number of nitrogens with zero attached hydrogens (tertiary/aromatic N) is 3. The minimum atomic E-state index is -0.323. The first-order chi connectivity index (χ1) is 10.7. The Hall–Kier alpha value is -2.40. The predicted molar refractivity (Wildman–Crippen MR) is 84.6 cm³/mol. The Labute approximate surface area is 132 Å². The highest BCUT2D eigenvalue weighted by atomic mass is 35.5. The largest absolute Gasteiger partial charge is 0.465 e. The van der Waals surface area contributed by atoms with Gasteiger partial charge in [-0.25, -0.2) is 9.97 Å². The molecule has 2 heterocycles. The third-order valence-corrected chi connectivity index (χ3v) is 3.41. The van der Waals surface area contributed by atoms with Crippen molar-refractivity contribution in [3.05, 3.63) is 47.6 Å². The number of imidazole rings is 1. The van der Waals surface area contributed by atoms with Crippen LogP contribution in [0.5, 0.6) is 0 Å². The third-order valence-electron chi connectivity index (χ3n) is 3.18. The molecule has 0 saturated carbocycles. The van der Waals surface area contributed by atoms with Gasteiger partial charge in [-0.3, -0.25) is 9.36 Å². The molecule has 3 rings (SSSR count). The SMILES string of the molecule is CCOC(=O)Cn1c(-c2cccc(Cl)c2)nc2cccnc21. The first-order valence-electron chi connectivity index (χ1n) is 6.92. The van der Waals surface area contributed by atoms with Gasteiger partial charge in [-0.05, 0) is 31.2 Å². The molecule has 3 aromatic rings. The summed E-state index contributed by atoms with van der Waals surface area (Å²) in [7, 11) is 0. The third kappa shape index (κ3) is 2.80. The van der Waals surface area contributed by atoms with Gasteiger partial charge in [0.25, 0.3) is 0 Å². The lowest BCUT2D eigenvalue weighted by molar-refractivity contribution is -0.143. The van der Waals surface area contributed by atoms with Crippen LogP contribution >= 0.6 is 11.6 Å². The number of aromatic nitrogens is 3. The maximum absolute atomic E-state index is 11.9. The van der Waals surface area contributed by atoms with Crippen LogP contribution in [0.2, 0.25) is 5.02 Å². The van der Waals surface area contributed by atoms with Crippen molar-refractivity contribution in [1.82, 2.24) is 14.5 Å². The van der Waals surface area contributed by atoms with Gasteiger partial charge < -0.3 is 4.74 Å². The van der Waals surface area contributed by atoms with E-state index in [1.54, 1.807) is 23.8 Å². The molecule has 0 spiro atoms. The number of carbonyl (C=O) groups is 1. The smallest absolute Gasteiger partial charge is 0.326 e. The van der Waals surface area contributed by atoms with E-state index >= 15 is 0 Å². The van der Waals surface area contributed by atoms with E-state index < -0.39 is 0 Å². The van der Waals surface area contributed by atoms with Gasteiger partial charge in [0, 0.05) is 16.8 Å². The number of benzene rings is 1. The maximum atomic E-state index is 11.9. The van der Waals surface area contributed by atoms with Crippen LogP contribution in [0.25, 0.3) is 22.6 Å². The number of hydrogen-bond donors (Lipinski definition) is 0. The summed E-state index contributed by atoms with van der Waals surface area (Å²) in [6, 6.07) is 11.0. The molecule has 112 valence electrons. The molecule has 0 aliphatic carbocycles. The predicted octanol–water partition coefficient (Wildman–Crippen LogP) is 3.31. The van der Waals surface area contributed by atoms with Crippen LogP contribution in [0, 0.1) is 0 Å². The lowest BCUT2D eigenvalue weighted by Crippen LogP contribution is -2.14. The summed E-state index contributed by atoms with van der Waals surface area (Å²) in [6.45, 7) is 2.18. The molecule has 0 amide bonds.